The number of hydrogen-bond acceptors (Lipinski definition) is 7. The molecule has 1 aliphatic rings. The summed E-state index contributed by atoms with van der Waals surface area (Å²) in [5, 5.41) is 28.5. The van der Waals surface area contributed by atoms with Crippen LogP contribution in [0.3, 0.4) is 0 Å². The van der Waals surface area contributed by atoms with Crippen molar-refractivity contribution in [3.05, 3.63) is 29.8 Å². The topological polar surface area (TPSA) is 128 Å². The van der Waals surface area contributed by atoms with Gasteiger partial charge in [0.1, 0.15) is 24.5 Å². The Morgan fingerprint density at radius 2 is 1.76 bits per heavy atom. The van der Waals surface area contributed by atoms with Gasteiger partial charge in [0.2, 0.25) is 0 Å². The number of aliphatic hydroxyl groups is 3. The molecule has 8 nitrogen and oxygen atoms in total. The van der Waals surface area contributed by atoms with Crippen LogP contribution in [-0.2, 0) is 14.8 Å². The summed E-state index contributed by atoms with van der Waals surface area (Å²) < 4.78 is 29.1. The second kappa shape index (κ2) is 6.36. The van der Waals surface area contributed by atoms with Gasteiger partial charge < -0.3 is 20.1 Å². The van der Waals surface area contributed by atoms with E-state index < -0.39 is 34.6 Å². The Morgan fingerprint density at radius 1 is 1.14 bits per heavy atom. The normalized spacial score (nSPS) is 30.3. The highest BCUT2D eigenvalue weighted by Gasteiger charge is 2.37. The number of hydrazine groups is 1. The Kier molecular flexibility index (Phi) is 4.94. The van der Waals surface area contributed by atoms with E-state index in [4.69, 9.17) is 4.74 Å². The van der Waals surface area contributed by atoms with Crippen LogP contribution in [0.25, 0.3) is 0 Å². The first-order valence-corrected chi connectivity index (χ1v) is 7.79. The lowest BCUT2D eigenvalue weighted by molar-refractivity contribution is -0.196. The molecular weight excluding hydrogens is 300 g/mol. The highest BCUT2D eigenvalue weighted by molar-refractivity contribution is 7.89. The third-order valence-electron chi connectivity index (χ3n) is 3.17. The van der Waals surface area contributed by atoms with Gasteiger partial charge in [0, 0.05) is 0 Å². The third-order valence-corrected chi connectivity index (χ3v) is 4.45. The Hall–Kier alpha value is -1.07. The smallest absolute Gasteiger partial charge is 0.253 e. The van der Waals surface area contributed by atoms with Crippen molar-refractivity contribution in [2.45, 2.75) is 36.4 Å². The molecule has 1 heterocycles. The summed E-state index contributed by atoms with van der Waals surface area (Å²) >= 11 is 0. The summed E-state index contributed by atoms with van der Waals surface area (Å²) in [6, 6.07) is 6.19. The van der Waals surface area contributed by atoms with Crippen LogP contribution in [0, 0.1) is 6.92 Å². The van der Waals surface area contributed by atoms with E-state index in [-0.39, 0.29) is 11.5 Å². The van der Waals surface area contributed by atoms with Crippen molar-refractivity contribution in [2.75, 3.05) is 6.61 Å². The summed E-state index contributed by atoms with van der Waals surface area (Å²) in [7, 11) is -3.83. The van der Waals surface area contributed by atoms with Crippen LogP contribution in [-0.4, -0.2) is 54.9 Å². The molecule has 0 spiro atoms. The van der Waals surface area contributed by atoms with Crippen molar-refractivity contribution >= 4 is 10.0 Å². The largest absolute Gasteiger partial charge is 0.388 e. The lowest BCUT2D eigenvalue weighted by Gasteiger charge is -2.35. The number of ether oxygens (including phenoxy) is 1. The Bertz CT molecular complexity index is 576. The fourth-order valence-electron chi connectivity index (χ4n) is 1.85. The van der Waals surface area contributed by atoms with Crippen LogP contribution in [0.1, 0.15) is 5.56 Å². The number of aliphatic hydroxyl groups excluding tert-OH is 3. The Balaban J connectivity index is 2.00. The molecule has 0 aliphatic carbocycles. The van der Waals surface area contributed by atoms with E-state index >= 15 is 0 Å². The van der Waals surface area contributed by atoms with Crippen molar-refractivity contribution in [1.82, 2.24) is 10.3 Å². The first-order chi connectivity index (χ1) is 9.81. The number of hydrogen-bond donors (Lipinski definition) is 5. The number of aryl methyl sites for hydroxylation is 1. The van der Waals surface area contributed by atoms with Gasteiger partial charge in [0.05, 0.1) is 11.5 Å². The van der Waals surface area contributed by atoms with Gasteiger partial charge in [-0.05, 0) is 19.1 Å². The number of rotatable bonds is 4. The average Bonchev–Trinajstić information content (AvgIpc) is 2.44. The van der Waals surface area contributed by atoms with E-state index in [1.54, 1.807) is 12.1 Å². The van der Waals surface area contributed by atoms with Crippen LogP contribution in [0.15, 0.2) is 29.2 Å². The van der Waals surface area contributed by atoms with Crippen molar-refractivity contribution in [3.8, 4) is 0 Å². The van der Waals surface area contributed by atoms with E-state index in [9.17, 15) is 23.7 Å². The molecule has 21 heavy (non-hydrogen) atoms. The van der Waals surface area contributed by atoms with Gasteiger partial charge in [-0.25, -0.2) is 13.8 Å². The molecule has 5 N–H and O–H groups in total. The first kappa shape index (κ1) is 16.3. The minimum Gasteiger partial charge on any atom is -0.388 e. The van der Waals surface area contributed by atoms with Gasteiger partial charge in [0.15, 0.2) is 0 Å². The molecule has 0 unspecified atom stereocenters. The zero-order chi connectivity index (χ0) is 15.6. The van der Waals surface area contributed by atoms with Crippen LogP contribution in [0.4, 0.5) is 0 Å². The Morgan fingerprint density at radius 3 is 2.38 bits per heavy atom. The zero-order valence-electron chi connectivity index (χ0n) is 11.3. The average molecular weight is 318 g/mol. The molecule has 1 fully saturated rings. The predicted molar refractivity (Wildman–Crippen MR) is 72.4 cm³/mol. The van der Waals surface area contributed by atoms with Crippen molar-refractivity contribution in [2.24, 2.45) is 0 Å². The summed E-state index contributed by atoms with van der Waals surface area (Å²) in [5.74, 6) is 0. The molecule has 0 bridgehead atoms. The first-order valence-electron chi connectivity index (χ1n) is 6.31. The van der Waals surface area contributed by atoms with Gasteiger partial charge in [0.25, 0.3) is 10.0 Å². The molecule has 1 saturated heterocycles. The predicted octanol–water partition coefficient (Wildman–Crippen LogP) is -1.78. The third kappa shape index (κ3) is 3.77. The molecule has 1 aromatic carbocycles. The molecule has 0 saturated carbocycles. The second-order valence-electron chi connectivity index (χ2n) is 4.87. The minimum absolute atomic E-state index is 0.0477. The van der Waals surface area contributed by atoms with Crippen LogP contribution >= 0.6 is 0 Å². The van der Waals surface area contributed by atoms with Gasteiger partial charge in [-0.15, -0.1) is 4.83 Å². The van der Waals surface area contributed by atoms with Crippen molar-refractivity contribution in [1.29, 1.82) is 0 Å². The van der Waals surface area contributed by atoms with E-state index in [1.165, 1.54) is 12.1 Å². The second-order valence-corrected chi connectivity index (χ2v) is 6.55. The zero-order valence-corrected chi connectivity index (χ0v) is 12.1. The van der Waals surface area contributed by atoms with Crippen LogP contribution < -0.4 is 10.3 Å². The highest BCUT2D eigenvalue weighted by atomic mass is 32.2. The molecule has 4 atom stereocenters. The quantitative estimate of drug-likeness (QED) is 0.415. The SMILES string of the molecule is Cc1ccc(S(=O)(=O)NN[C@@H]2OC[C@H](O)[C@H](O)[C@H]2O)cc1. The highest BCUT2D eigenvalue weighted by Crippen LogP contribution is 2.14. The van der Waals surface area contributed by atoms with E-state index in [0.717, 1.165) is 5.56 Å². The van der Waals surface area contributed by atoms with Gasteiger partial charge in [-0.1, -0.05) is 17.7 Å². The van der Waals surface area contributed by atoms with Crippen molar-refractivity contribution < 1.29 is 28.5 Å². The molecule has 2 rings (SSSR count). The van der Waals surface area contributed by atoms with Crippen molar-refractivity contribution in [3.63, 3.8) is 0 Å². The van der Waals surface area contributed by atoms with Crippen LogP contribution in [0.5, 0.6) is 0 Å². The van der Waals surface area contributed by atoms with E-state index in [0.29, 0.717) is 0 Å². The molecule has 9 heteroatoms. The lowest BCUT2D eigenvalue weighted by atomic mass is 10.1. The number of nitrogens with one attached hydrogen (secondary N) is 2. The summed E-state index contributed by atoms with van der Waals surface area (Å²) in [4.78, 5) is 2.12. The molecule has 0 aromatic heterocycles. The lowest BCUT2D eigenvalue weighted by Crippen LogP contribution is -2.61. The molecule has 0 amide bonds. The fraction of sp³-hybridized carbons (Fsp3) is 0.500. The minimum atomic E-state index is -3.83. The number of benzene rings is 1. The molecule has 1 aromatic rings. The fourth-order valence-corrected chi connectivity index (χ4v) is 2.73. The molecule has 0 radical (unpaired) electrons. The number of sulfonamides is 1. The van der Waals surface area contributed by atoms with E-state index in [2.05, 4.69) is 10.3 Å². The standard InChI is InChI=1S/C12H18N2O6S/c1-7-2-4-8(5-3-7)21(18,19)14-13-12-11(17)10(16)9(15)6-20-12/h2-5,9-17H,6H2,1H3/t9-,10-,11+,12+/m0/s1. The van der Waals surface area contributed by atoms with Gasteiger partial charge >= 0.3 is 0 Å². The maximum absolute atomic E-state index is 12.0. The van der Waals surface area contributed by atoms with Crippen LogP contribution in [0.2, 0.25) is 0 Å². The summed E-state index contributed by atoms with van der Waals surface area (Å²) in [5.41, 5.74) is 3.22. The molecular formula is C12H18N2O6S. The summed E-state index contributed by atoms with van der Waals surface area (Å²) in [6.45, 7) is 1.61. The maximum Gasteiger partial charge on any atom is 0.253 e. The maximum atomic E-state index is 12.0. The molecule has 118 valence electrons. The monoisotopic (exact) mass is 318 g/mol. The van der Waals surface area contributed by atoms with Gasteiger partial charge in [-0.3, -0.25) is 0 Å². The van der Waals surface area contributed by atoms with Gasteiger partial charge in [-0.2, -0.15) is 0 Å². The van der Waals surface area contributed by atoms with E-state index in [1.807, 2.05) is 6.92 Å². The Labute approximate surface area is 122 Å². The molecule has 1 aliphatic heterocycles. The summed E-state index contributed by atoms with van der Waals surface area (Å²) in [6.07, 6.45) is -5.26.